The Labute approximate surface area is 149 Å². The van der Waals surface area contributed by atoms with E-state index in [9.17, 15) is 0 Å². The first-order valence-electron chi connectivity index (χ1n) is 7.83. The fourth-order valence-electron chi connectivity index (χ4n) is 3.02. The lowest BCUT2D eigenvalue weighted by molar-refractivity contribution is 0.0553. The Balaban J connectivity index is 1.41. The summed E-state index contributed by atoms with van der Waals surface area (Å²) in [4.78, 5) is 10.1. The maximum atomic E-state index is 6.07. The number of nitrogens with zero attached hydrogens (tertiary/aromatic N) is 2. The number of H-pyrrole nitrogens is 1. The summed E-state index contributed by atoms with van der Waals surface area (Å²) < 4.78 is 7.28. The molecule has 2 aromatic heterocycles. The molecule has 0 radical (unpaired) electrons. The summed E-state index contributed by atoms with van der Waals surface area (Å²) in [6, 6.07) is 12.6. The van der Waals surface area contributed by atoms with Crippen molar-refractivity contribution in [1.82, 2.24) is 9.97 Å². The molecule has 4 rings (SSSR count). The molecule has 0 saturated carbocycles. The predicted molar refractivity (Wildman–Crippen MR) is 101 cm³/mol. The molecule has 118 valence electrons. The van der Waals surface area contributed by atoms with Gasteiger partial charge in [-0.1, -0.05) is 30.3 Å². The molecule has 1 unspecified atom stereocenters. The fourth-order valence-corrected chi connectivity index (χ4v) is 3.59. The number of nitrogens with one attached hydrogen (secondary N) is 1. The Bertz CT molecular complexity index is 802. The van der Waals surface area contributed by atoms with Gasteiger partial charge in [0.05, 0.1) is 24.6 Å². The highest BCUT2D eigenvalue weighted by atomic mass is 127. The number of ether oxygens (including phenoxy) is 1. The Morgan fingerprint density at radius 2 is 2.17 bits per heavy atom. The molecule has 0 bridgehead atoms. The van der Waals surface area contributed by atoms with Gasteiger partial charge in [0.1, 0.15) is 5.65 Å². The maximum Gasteiger partial charge on any atom is 0.138 e. The van der Waals surface area contributed by atoms with Crippen molar-refractivity contribution in [3.8, 4) is 0 Å². The van der Waals surface area contributed by atoms with Crippen molar-refractivity contribution >= 4 is 39.3 Å². The monoisotopic (exact) mass is 419 g/mol. The number of benzene rings is 1. The van der Waals surface area contributed by atoms with E-state index in [1.165, 1.54) is 20.2 Å². The van der Waals surface area contributed by atoms with Crippen molar-refractivity contribution in [1.29, 1.82) is 0 Å². The first kappa shape index (κ1) is 15.0. The van der Waals surface area contributed by atoms with Crippen LogP contribution in [0.4, 0.5) is 5.69 Å². The van der Waals surface area contributed by atoms with Crippen molar-refractivity contribution < 1.29 is 4.74 Å². The number of aromatic amines is 1. The van der Waals surface area contributed by atoms with Crippen LogP contribution >= 0.6 is 22.6 Å². The molecule has 1 aliphatic rings. The molecule has 3 heterocycles. The minimum atomic E-state index is 0.288. The first-order chi connectivity index (χ1) is 11.3. The van der Waals surface area contributed by atoms with Crippen LogP contribution in [0.3, 0.4) is 0 Å². The molecule has 1 aliphatic heterocycles. The fraction of sp³-hybridized carbons (Fsp3) is 0.278. The van der Waals surface area contributed by atoms with Crippen molar-refractivity contribution in [3.63, 3.8) is 0 Å². The molecule has 1 saturated heterocycles. The SMILES string of the molecule is Ic1c[nH]c2ncc(N3CCC(OCc4ccccc4)C3)cc12. The molecule has 5 heteroatoms. The average Bonchev–Trinajstić information content (AvgIpc) is 3.21. The summed E-state index contributed by atoms with van der Waals surface area (Å²) in [5, 5.41) is 1.19. The molecule has 3 aromatic rings. The van der Waals surface area contributed by atoms with Crippen LogP contribution in [0.5, 0.6) is 0 Å². The number of halogens is 1. The lowest BCUT2D eigenvalue weighted by atomic mass is 10.2. The van der Waals surface area contributed by atoms with Crippen molar-refractivity contribution in [2.45, 2.75) is 19.1 Å². The number of hydrogen-bond donors (Lipinski definition) is 1. The van der Waals surface area contributed by atoms with Gasteiger partial charge in [0.15, 0.2) is 0 Å². The molecular weight excluding hydrogens is 401 g/mol. The van der Waals surface area contributed by atoms with Gasteiger partial charge in [-0.2, -0.15) is 0 Å². The van der Waals surface area contributed by atoms with Gasteiger partial charge < -0.3 is 14.6 Å². The Hall–Kier alpha value is -1.60. The molecule has 1 fully saturated rings. The summed E-state index contributed by atoms with van der Waals surface area (Å²) in [6.45, 7) is 2.64. The predicted octanol–water partition coefficient (Wildman–Crippen LogP) is 3.96. The Kier molecular flexibility index (Phi) is 4.22. The van der Waals surface area contributed by atoms with E-state index in [0.29, 0.717) is 6.61 Å². The van der Waals surface area contributed by atoms with Crippen LogP contribution in [0.15, 0.2) is 48.8 Å². The van der Waals surface area contributed by atoms with Crippen LogP contribution in [-0.4, -0.2) is 29.2 Å². The van der Waals surface area contributed by atoms with E-state index in [-0.39, 0.29) is 6.10 Å². The molecule has 1 N–H and O–H groups in total. The molecule has 1 atom stereocenters. The zero-order valence-corrected chi connectivity index (χ0v) is 14.9. The van der Waals surface area contributed by atoms with E-state index in [1.54, 1.807) is 0 Å². The largest absolute Gasteiger partial charge is 0.372 e. The third-order valence-corrected chi connectivity index (χ3v) is 5.20. The molecule has 23 heavy (non-hydrogen) atoms. The van der Waals surface area contributed by atoms with E-state index in [4.69, 9.17) is 4.74 Å². The van der Waals surface area contributed by atoms with Crippen LogP contribution in [0.2, 0.25) is 0 Å². The van der Waals surface area contributed by atoms with Gasteiger partial charge in [0, 0.05) is 28.2 Å². The Morgan fingerprint density at radius 1 is 1.30 bits per heavy atom. The van der Waals surface area contributed by atoms with Gasteiger partial charge >= 0.3 is 0 Å². The number of aromatic nitrogens is 2. The molecule has 0 aliphatic carbocycles. The van der Waals surface area contributed by atoms with Crippen LogP contribution in [0, 0.1) is 3.57 Å². The number of fused-ring (bicyclic) bond motifs is 1. The minimum Gasteiger partial charge on any atom is -0.372 e. The summed E-state index contributed by atoms with van der Waals surface area (Å²) in [5.74, 6) is 0. The van der Waals surface area contributed by atoms with Gasteiger partial charge in [-0.05, 0) is 40.6 Å². The van der Waals surface area contributed by atoms with Gasteiger partial charge in [-0.25, -0.2) is 4.98 Å². The third-order valence-electron chi connectivity index (χ3n) is 4.30. The standard InChI is InChI=1S/C18H18IN3O/c19-17-10-21-18-16(17)8-14(9-20-18)22-7-6-15(11-22)23-12-13-4-2-1-3-5-13/h1-5,8-10,15H,6-7,11-12H2,(H,20,21). The quantitative estimate of drug-likeness (QED) is 0.651. The van der Waals surface area contributed by atoms with E-state index in [0.717, 1.165) is 25.2 Å². The number of pyridine rings is 1. The van der Waals surface area contributed by atoms with Crippen LogP contribution in [-0.2, 0) is 11.3 Å². The summed E-state index contributed by atoms with van der Waals surface area (Å²) >= 11 is 2.34. The highest BCUT2D eigenvalue weighted by molar-refractivity contribution is 14.1. The van der Waals surface area contributed by atoms with Gasteiger partial charge in [-0.15, -0.1) is 0 Å². The van der Waals surface area contributed by atoms with Gasteiger partial charge in [0.2, 0.25) is 0 Å². The molecular formula is C18H18IN3O. The van der Waals surface area contributed by atoms with Crippen molar-refractivity contribution in [3.05, 3.63) is 57.9 Å². The van der Waals surface area contributed by atoms with E-state index in [1.807, 2.05) is 18.5 Å². The van der Waals surface area contributed by atoms with Crippen LogP contribution in [0.25, 0.3) is 11.0 Å². The zero-order valence-electron chi connectivity index (χ0n) is 12.7. The smallest absolute Gasteiger partial charge is 0.138 e. The number of hydrogen-bond acceptors (Lipinski definition) is 3. The zero-order chi connectivity index (χ0) is 15.6. The molecule has 0 spiro atoms. The van der Waals surface area contributed by atoms with Crippen LogP contribution in [0.1, 0.15) is 12.0 Å². The number of rotatable bonds is 4. The summed E-state index contributed by atoms with van der Waals surface area (Å²) in [5.41, 5.74) is 3.37. The highest BCUT2D eigenvalue weighted by Crippen LogP contribution is 2.27. The second-order valence-electron chi connectivity index (χ2n) is 5.88. The van der Waals surface area contributed by atoms with Crippen molar-refractivity contribution in [2.75, 3.05) is 18.0 Å². The second kappa shape index (κ2) is 6.49. The molecule has 4 nitrogen and oxygen atoms in total. The summed E-state index contributed by atoms with van der Waals surface area (Å²) in [7, 11) is 0. The topological polar surface area (TPSA) is 41.2 Å². The van der Waals surface area contributed by atoms with Crippen LogP contribution < -0.4 is 4.90 Å². The first-order valence-corrected chi connectivity index (χ1v) is 8.90. The van der Waals surface area contributed by atoms with Gasteiger partial charge in [0.25, 0.3) is 0 Å². The van der Waals surface area contributed by atoms with E-state index in [2.05, 4.69) is 67.8 Å². The molecule has 1 aromatic carbocycles. The number of anilines is 1. The molecule has 0 amide bonds. The Morgan fingerprint density at radius 3 is 3.04 bits per heavy atom. The lowest BCUT2D eigenvalue weighted by Crippen LogP contribution is -2.22. The van der Waals surface area contributed by atoms with Gasteiger partial charge in [-0.3, -0.25) is 0 Å². The minimum absolute atomic E-state index is 0.288. The normalized spacial score (nSPS) is 18.0. The summed E-state index contributed by atoms with van der Waals surface area (Å²) in [6.07, 6.45) is 5.30. The lowest BCUT2D eigenvalue weighted by Gasteiger charge is -2.18. The van der Waals surface area contributed by atoms with E-state index >= 15 is 0 Å². The second-order valence-corrected chi connectivity index (χ2v) is 7.04. The third kappa shape index (κ3) is 3.21. The van der Waals surface area contributed by atoms with E-state index < -0.39 is 0 Å². The maximum absolute atomic E-state index is 6.07. The van der Waals surface area contributed by atoms with Crippen molar-refractivity contribution in [2.24, 2.45) is 0 Å². The average molecular weight is 419 g/mol. The highest BCUT2D eigenvalue weighted by Gasteiger charge is 2.24.